The molecule has 4 nitrogen and oxygen atoms in total. The van der Waals surface area contributed by atoms with Gasteiger partial charge in [-0.2, -0.15) is 0 Å². The number of hydrogen-bond donors (Lipinski definition) is 2. The lowest BCUT2D eigenvalue weighted by molar-refractivity contribution is 0.752. The second-order valence-electron chi connectivity index (χ2n) is 4.43. The highest BCUT2D eigenvalue weighted by Gasteiger charge is 2.00. The van der Waals surface area contributed by atoms with Crippen molar-refractivity contribution in [2.45, 2.75) is 13.0 Å². The van der Waals surface area contributed by atoms with Gasteiger partial charge in [-0.1, -0.05) is 24.3 Å². The Kier molecular flexibility index (Phi) is 4.39. The van der Waals surface area contributed by atoms with Crippen molar-refractivity contribution in [2.24, 2.45) is 11.5 Å². The van der Waals surface area contributed by atoms with Gasteiger partial charge in [0.1, 0.15) is 0 Å². The lowest BCUT2D eigenvalue weighted by atomic mass is 10.1. The van der Waals surface area contributed by atoms with Crippen LogP contribution in [0.4, 0.5) is 0 Å². The van der Waals surface area contributed by atoms with E-state index in [2.05, 4.69) is 34.2 Å². The molecule has 1 aromatic carbocycles. The van der Waals surface area contributed by atoms with E-state index < -0.39 is 0 Å². The number of aromatic nitrogens is 2. The summed E-state index contributed by atoms with van der Waals surface area (Å²) >= 11 is 0. The Morgan fingerprint density at radius 3 is 1.74 bits per heavy atom. The molecule has 4 heteroatoms. The monoisotopic (exact) mass is 254 g/mol. The summed E-state index contributed by atoms with van der Waals surface area (Å²) in [6.45, 7) is 2.46. The quantitative estimate of drug-likeness (QED) is 0.652. The molecule has 1 unspecified atom stereocenters. The maximum atomic E-state index is 5.17. The predicted molar refractivity (Wildman–Crippen MR) is 79.7 cm³/mol. The molecule has 0 amide bonds. The predicted octanol–water partition coefficient (Wildman–Crippen LogP) is 2.08. The van der Waals surface area contributed by atoms with Gasteiger partial charge in [0.15, 0.2) is 0 Å². The van der Waals surface area contributed by atoms with Crippen molar-refractivity contribution in [3.63, 3.8) is 0 Å². The van der Waals surface area contributed by atoms with E-state index >= 15 is 0 Å². The van der Waals surface area contributed by atoms with Gasteiger partial charge in [0.05, 0.1) is 11.0 Å². The number of hydrogen-bond acceptors (Lipinski definition) is 4. The Bertz CT molecular complexity index is 609. The van der Waals surface area contributed by atoms with Crippen LogP contribution in [0.15, 0.2) is 48.8 Å². The fourth-order valence-electron chi connectivity index (χ4n) is 1.68. The SMILES string of the molecule is CC(N)CN.c1cnc2c(c1)ccc1cccnc12. The van der Waals surface area contributed by atoms with E-state index in [1.54, 1.807) is 12.4 Å². The molecule has 2 heterocycles. The van der Waals surface area contributed by atoms with Crippen LogP contribution >= 0.6 is 0 Å². The highest BCUT2D eigenvalue weighted by molar-refractivity contribution is 6.02. The molecule has 0 fully saturated rings. The first-order valence-electron chi connectivity index (χ1n) is 6.26. The van der Waals surface area contributed by atoms with E-state index in [9.17, 15) is 0 Å². The third kappa shape index (κ3) is 3.24. The number of nitrogens with zero attached hydrogens (tertiary/aromatic N) is 2. The zero-order chi connectivity index (χ0) is 13.7. The molecule has 3 aromatic rings. The van der Waals surface area contributed by atoms with Gasteiger partial charge in [-0.25, -0.2) is 0 Å². The molecule has 0 aliphatic carbocycles. The molecule has 4 N–H and O–H groups in total. The van der Waals surface area contributed by atoms with Crippen molar-refractivity contribution < 1.29 is 0 Å². The lowest BCUT2D eigenvalue weighted by Gasteiger charge is -2.00. The van der Waals surface area contributed by atoms with Crippen molar-refractivity contribution in [3.8, 4) is 0 Å². The van der Waals surface area contributed by atoms with Crippen LogP contribution in [-0.2, 0) is 0 Å². The maximum Gasteiger partial charge on any atom is 0.0964 e. The topological polar surface area (TPSA) is 77.8 Å². The number of nitrogens with two attached hydrogens (primary N) is 2. The molecular weight excluding hydrogens is 236 g/mol. The lowest BCUT2D eigenvalue weighted by Crippen LogP contribution is -2.25. The van der Waals surface area contributed by atoms with Crippen LogP contribution in [0.3, 0.4) is 0 Å². The number of fused-ring (bicyclic) bond motifs is 3. The van der Waals surface area contributed by atoms with Gasteiger partial charge in [0, 0.05) is 35.8 Å². The molecule has 1 atom stereocenters. The van der Waals surface area contributed by atoms with Gasteiger partial charge >= 0.3 is 0 Å². The molecule has 0 aliphatic heterocycles. The number of pyridine rings is 2. The van der Waals surface area contributed by atoms with E-state index in [0.29, 0.717) is 6.54 Å². The molecular formula is C15H18N4. The average Bonchev–Trinajstić information content (AvgIpc) is 2.48. The number of rotatable bonds is 1. The zero-order valence-corrected chi connectivity index (χ0v) is 11.0. The van der Waals surface area contributed by atoms with E-state index in [-0.39, 0.29) is 6.04 Å². The Morgan fingerprint density at radius 1 is 0.947 bits per heavy atom. The van der Waals surface area contributed by atoms with Crippen LogP contribution in [-0.4, -0.2) is 22.6 Å². The van der Waals surface area contributed by atoms with Crippen LogP contribution in [0.5, 0.6) is 0 Å². The molecule has 0 aliphatic rings. The number of benzene rings is 1. The minimum absolute atomic E-state index is 0.162. The van der Waals surface area contributed by atoms with E-state index in [1.165, 1.54) is 0 Å². The normalized spacial score (nSPS) is 11.9. The molecule has 98 valence electrons. The van der Waals surface area contributed by atoms with Crippen molar-refractivity contribution in [3.05, 3.63) is 48.8 Å². The first-order valence-corrected chi connectivity index (χ1v) is 6.26. The van der Waals surface area contributed by atoms with Gasteiger partial charge in [0.2, 0.25) is 0 Å². The first-order chi connectivity index (χ1) is 9.22. The standard InChI is InChI=1S/C12H8N2.C3H10N2/c1-3-9-5-6-10-4-2-8-14-12(10)11(9)13-7-1;1-3(5)2-4/h1-8H;3H,2,4-5H2,1H3. The van der Waals surface area contributed by atoms with Gasteiger partial charge in [0.25, 0.3) is 0 Å². The summed E-state index contributed by atoms with van der Waals surface area (Å²) in [7, 11) is 0. The van der Waals surface area contributed by atoms with Gasteiger partial charge < -0.3 is 11.5 Å². The molecule has 19 heavy (non-hydrogen) atoms. The molecule has 0 saturated carbocycles. The van der Waals surface area contributed by atoms with Crippen molar-refractivity contribution in [1.29, 1.82) is 0 Å². The zero-order valence-electron chi connectivity index (χ0n) is 11.0. The summed E-state index contributed by atoms with van der Waals surface area (Å²) in [5.41, 5.74) is 12.2. The maximum absolute atomic E-state index is 5.17. The van der Waals surface area contributed by atoms with Crippen LogP contribution in [0.1, 0.15) is 6.92 Å². The second kappa shape index (κ2) is 6.22. The first kappa shape index (κ1) is 13.4. The summed E-state index contributed by atoms with van der Waals surface area (Å²) in [6.07, 6.45) is 3.60. The Labute approximate surface area is 112 Å². The average molecular weight is 254 g/mol. The summed E-state index contributed by atoms with van der Waals surface area (Å²) in [5.74, 6) is 0. The fourth-order valence-corrected chi connectivity index (χ4v) is 1.68. The van der Waals surface area contributed by atoms with Crippen LogP contribution in [0.25, 0.3) is 21.8 Å². The third-order valence-electron chi connectivity index (χ3n) is 2.72. The Morgan fingerprint density at radius 2 is 1.37 bits per heavy atom. The molecule has 0 radical (unpaired) electrons. The van der Waals surface area contributed by atoms with Crippen molar-refractivity contribution in [2.75, 3.05) is 6.54 Å². The molecule has 2 aromatic heterocycles. The van der Waals surface area contributed by atoms with E-state index in [1.807, 2.05) is 19.1 Å². The smallest absolute Gasteiger partial charge is 0.0964 e. The third-order valence-corrected chi connectivity index (χ3v) is 2.72. The van der Waals surface area contributed by atoms with Gasteiger partial charge in [-0.05, 0) is 19.1 Å². The van der Waals surface area contributed by atoms with Gasteiger partial charge in [-0.3, -0.25) is 9.97 Å². The van der Waals surface area contributed by atoms with Crippen molar-refractivity contribution in [1.82, 2.24) is 9.97 Å². The van der Waals surface area contributed by atoms with Crippen LogP contribution < -0.4 is 11.5 Å². The highest BCUT2D eigenvalue weighted by Crippen LogP contribution is 2.20. The Hall–Kier alpha value is -2.04. The molecule has 3 rings (SSSR count). The van der Waals surface area contributed by atoms with Crippen LogP contribution in [0, 0.1) is 0 Å². The van der Waals surface area contributed by atoms with Crippen molar-refractivity contribution >= 4 is 21.8 Å². The second-order valence-corrected chi connectivity index (χ2v) is 4.43. The minimum atomic E-state index is 0.162. The fraction of sp³-hybridized carbons (Fsp3) is 0.200. The Balaban J connectivity index is 0.000000232. The highest BCUT2D eigenvalue weighted by atomic mass is 14.7. The van der Waals surface area contributed by atoms with E-state index in [4.69, 9.17) is 11.5 Å². The molecule has 0 saturated heterocycles. The summed E-state index contributed by atoms with van der Waals surface area (Å²) in [6, 6.07) is 12.3. The summed E-state index contributed by atoms with van der Waals surface area (Å²) in [5, 5.41) is 2.28. The molecule has 0 bridgehead atoms. The van der Waals surface area contributed by atoms with Gasteiger partial charge in [-0.15, -0.1) is 0 Å². The summed E-state index contributed by atoms with van der Waals surface area (Å²) < 4.78 is 0. The molecule has 0 spiro atoms. The minimum Gasteiger partial charge on any atom is -0.329 e. The van der Waals surface area contributed by atoms with Crippen LogP contribution in [0.2, 0.25) is 0 Å². The largest absolute Gasteiger partial charge is 0.329 e. The van der Waals surface area contributed by atoms with E-state index in [0.717, 1.165) is 21.8 Å². The summed E-state index contributed by atoms with van der Waals surface area (Å²) in [4.78, 5) is 8.69.